The number of hydrogen-bond acceptors (Lipinski definition) is 8. The van der Waals surface area contributed by atoms with Crippen LogP contribution in [0.25, 0.3) is 15.9 Å². The Morgan fingerprint density at radius 3 is 2.69 bits per heavy atom. The van der Waals surface area contributed by atoms with Crippen molar-refractivity contribution in [2.45, 2.75) is 49.9 Å². The summed E-state index contributed by atoms with van der Waals surface area (Å²) in [6.07, 6.45) is -1.66. The van der Waals surface area contributed by atoms with Gasteiger partial charge in [-0.25, -0.2) is 4.98 Å². The molecule has 0 aliphatic heterocycles. The number of halogens is 3. The van der Waals surface area contributed by atoms with Gasteiger partial charge in [0.05, 0.1) is 29.5 Å². The molecule has 3 heterocycles. The highest BCUT2D eigenvalue weighted by Gasteiger charge is 2.31. The number of benzene rings is 2. The molecule has 2 aromatic carbocycles. The number of aryl methyl sites for hydroxylation is 1. The summed E-state index contributed by atoms with van der Waals surface area (Å²) in [7, 11) is 1.56. The van der Waals surface area contributed by atoms with E-state index in [0.717, 1.165) is 37.0 Å². The number of thioether (sulfide) groups is 1. The second-order valence-corrected chi connectivity index (χ2v) is 12.1. The predicted octanol–water partition coefficient (Wildman–Crippen LogP) is 6.59. The lowest BCUT2D eigenvalue weighted by molar-refractivity contribution is -0.137. The lowest BCUT2D eigenvalue weighted by Gasteiger charge is -2.17. The normalized spacial score (nSPS) is 15.1. The molecule has 0 saturated carbocycles. The third-order valence-electron chi connectivity index (χ3n) is 7.11. The number of H-pyrrole nitrogens is 1. The molecule has 0 bridgehead atoms. The zero-order valence-corrected chi connectivity index (χ0v) is 24.3. The van der Waals surface area contributed by atoms with E-state index in [-0.39, 0.29) is 23.6 Å². The molecule has 5 aromatic rings. The van der Waals surface area contributed by atoms with Gasteiger partial charge in [-0.3, -0.25) is 9.36 Å². The first-order chi connectivity index (χ1) is 20.2. The van der Waals surface area contributed by atoms with Crippen LogP contribution in [0.2, 0.25) is 0 Å². The molecule has 0 fully saturated rings. The molecular weight excluding hydrogens is 587 g/mol. The van der Waals surface area contributed by atoms with Crippen molar-refractivity contribution in [2.75, 3.05) is 7.11 Å². The van der Waals surface area contributed by atoms with Crippen molar-refractivity contribution < 1.29 is 22.6 Å². The van der Waals surface area contributed by atoms with E-state index in [9.17, 15) is 18.0 Å². The van der Waals surface area contributed by atoms with Gasteiger partial charge in [0.25, 0.3) is 5.56 Å². The SMILES string of the molecule is COc1ccc(OCc2nnc(SCc3nc4sc5c(c4c(=O)[nH]3)CC[C@@H](C)C5)n2-c2cccc(C(F)(F)F)c2)cc1. The molecule has 8 nitrogen and oxygen atoms in total. The Kier molecular flexibility index (Phi) is 7.71. The van der Waals surface area contributed by atoms with Crippen LogP contribution in [0.5, 0.6) is 11.5 Å². The van der Waals surface area contributed by atoms with Crippen LogP contribution in [0.15, 0.2) is 58.5 Å². The van der Waals surface area contributed by atoms with Crippen LogP contribution in [-0.2, 0) is 31.4 Å². The Hall–Kier alpha value is -3.84. The van der Waals surface area contributed by atoms with Crippen molar-refractivity contribution in [2.24, 2.45) is 5.92 Å². The number of nitrogens with zero attached hydrogens (tertiary/aromatic N) is 4. The fraction of sp³-hybridized carbons (Fsp3) is 0.310. The largest absolute Gasteiger partial charge is 0.497 e. The van der Waals surface area contributed by atoms with Gasteiger partial charge >= 0.3 is 6.18 Å². The zero-order valence-electron chi connectivity index (χ0n) is 22.7. The number of methoxy groups -OCH3 is 1. The zero-order chi connectivity index (χ0) is 29.4. The lowest BCUT2D eigenvalue weighted by Crippen LogP contribution is -2.14. The van der Waals surface area contributed by atoms with E-state index < -0.39 is 11.7 Å². The van der Waals surface area contributed by atoms with Gasteiger partial charge in [0.1, 0.15) is 28.8 Å². The van der Waals surface area contributed by atoms with E-state index >= 15 is 0 Å². The number of fused-ring (bicyclic) bond motifs is 3. The standard InChI is InChI=1S/C29H26F3N5O3S2/c1-16-6-11-21-22(12-16)42-27-25(21)26(38)33-23(34-27)15-41-28-36-35-24(14-40-20-9-7-19(39-2)8-10-20)37(28)18-5-3-4-17(13-18)29(30,31)32/h3-5,7-10,13,16H,6,11-12,14-15H2,1-2H3,(H,33,34,38)/t16-/m1/s1. The molecule has 1 atom stereocenters. The average Bonchev–Trinajstić information content (AvgIpc) is 3.55. The van der Waals surface area contributed by atoms with E-state index in [4.69, 9.17) is 14.5 Å². The van der Waals surface area contributed by atoms with E-state index in [1.807, 2.05) is 0 Å². The number of aromatic amines is 1. The molecule has 0 saturated heterocycles. The summed E-state index contributed by atoms with van der Waals surface area (Å²) in [5.74, 6) is 2.77. The molecule has 1 aliphatic rings. The molecule has 218 valence electrons. The molecule has 3 aromatic heterocycles. The van der Waals surface area contributed by atoms with Gasteiger partial charge in [-0.15, -0.1) is 21.5 Å². The van der Waals surface area contributed by atoms with E-state index in [2.05, 4.69) is 22.1 Å². The first kappa shape index (κ1) is 28.3. The Morgan fingerprint density at radius 1 is 1.14 bits per heavy atom. The Bertz CT molecular complexity index is 1800. The topological polar surface area (TPSA) is 94.9 Å². The highest BCUT2D eigenvalue weighted by atomic mass is 32.2. The minimum Gasteiger partial charge on any atom is -0.497 e. The van der Waals surface area contributed by atoms with Gasteiger partial charge in [0.15, 0.2) is 11.0 Å². The highest BCUT2D eigenvalue weighted by molar-refractivity contribution is 7.98. The van der Waals surface area contributed by atoms with Crippen LogP contribution in [0.4, 0.5) is 13.2 Å². The van der Waals surface area contributed by atoms with Crippen LogP contribution in [0.1, 0.15) is 41.0 Å². The maximum Gasteiger partial charge on any atom is 0.416 e. The molecule has 0 radical (unpaired) electrons. The highest BCUT2D eigenvalue weighted by Crippen LogP contribution is 2.36. The van der Waals surface area contributed by atoms with Gasteiger partial charge in [-0.1, -0.05) is 24.8 Å². The minimum absolute atomic E-state index is 0.0453. The van der Waals surface area contributed by atoms with Gasteiger partial charge < -0.3 is 14.5 Å². The number of alkyl halides is 3. The summed E-state index contributed by atoms with van der Waals surface area (Å²) < 4.78 is 53.3. The van der Waals surface area contributed by atoms with Crippen molar-refractivity contribution >= 4 is 33.3 Å². The van der Waals surface area contributed by atoms with E-state index in [1.54, 1.807) is 48.8 Å². The fourth-order valence-electron chi connectivity index (χ4n) is 4.98. The Balaban J connectivity index is 1.30. The molecule has 6 rings (SSSR count). The third-order valence-corrected chi connectivity index (χ3v) is 9.20. The van der Waals surface area contributed by atoms with Gasteiger partial charge in [0, 0.05) is 4.88 Å². The van der Waals surface area contributed by atoms with Crippen molar-refractivity contribution in [1.82, 2.24) is 24.7 Å². The minimum atomic E-state index is -4.52. The summed E-state index contributed by atoms with van der Waals surface area (Å²) >= 11 is 2.78. The molecular formula is C29H26F3N5O3S2. The summed E-state index contributed by atoms with van der Waals surface area (Å²) in [4.78, 5) is 22.6. The first-order valence-corrected chi connectivity index (χ1v) is 15.0. The molecule has 0 amide bonds. The monoisotopic (exact) mass is 613 g/mol. The van der Waals surface area contributed by atoms with Crippen LogP contribution in [0.3, 0.4) is 0 Å². The molecule has 13 heteroatoms. The summed E-state index contributed by atoms with van der Waals surface area (Å²) in [5, 5.41) is 9.50. The molecule has 1 N–H and O–H groups in total. The predicted molar refractivity (Wildman–Crippen MR) is 155 cm³/mol. The quantitative estimate of drug-likeness (QED) is 0.197. The van der Waals surface area contributed by atoms with Gasteiger partial charge in [-0.05, 0) is 73.2 Å². The number of ether oxygens (including phenoxy) is 2. The molecule has 0 unspecified atom stereocenters. The third kappa shape index (κ3) is 5.75. The summed E-state index contributed by atoms with van der Waals surface area (Å²) in [5.41, 5.74) is 0.379. The number of aromatic nitrogens is 5. The van der Waals surface area contributed by atoms with Crippen molar-refractivity contribution in [1.29, 1.82) is 0 Å². The van der Waals surface area contributed by atoms with Crippen molar-refractivity contribution in [3.63, 3.8) is 0 Å². The maximum absolute atomic E-state index is 13.6. The van der Waals surface area contributed by atoms with Crippen LogP contribution >= 0.6 is 23.1 Å². The second-order valence-electron chi connectivity index (χ2n) is 10.1. The number of nitrogens with one attached hydrogen (secondary N) is 1. The summed E-state index contributed by atoms with van der Waals surface area (Å²) in [6, 6.07) is 11.9. The maximum atomic E-state index is 13.6. The van der Waals surface area contributed by atoms with E-state index in [1.165, 1.54) is 27.3 Å². The molecule has 0 spiro atoms. The van der Waals surface area contributed by atoms with Crippen molar-refractivity contribution in [3.8, 4) is 17.2 Å². The van der Waals surface area contributed by atoms with E-state index in [0.29, 0.717) is 44.4 Å². The van der Waals surface area contributed by atoms with Gasteiger partial charge in [-0.2, -0.15) is 13.2 Å². The number of hydrogen-bond donors (Lipinski definition) is 1. The fourth-order valence-corrected chi connectivity index (χ4v) is 7.23. The smallest absolute Gasteiger partial charge is 0.416 e. The molecule has 42 heavy (non-hydrogen) atoms. The second kappa shape index (κ2) is 11.4. The Morgan fingerprint density at radius 2 is 1.93 bits per heavy atom. The summed E-state index contributed by atoms with van der Waals surface area (Å²) in [6.45, 7) is 2.17. The van der Waals surface area contributed by atoms with Crippen LogP contribution < -0.4 is 15.0 Å². The Labute approximate surface area is 246 Å². The van der Waals surface area contributed by atoms with Crippen LogP contribution in [-0.4, -0.2) is 31.8 Å². The van der Waals surface area contributed by atoms with Crippen LogP contribution in [0, 0.1) is 5.92 Å². The first-order valence-electron chi connectivity index (χ1n) is 13.2. The number of thiophene rings is 1. The molecule has 1 aliphatic carbocycles. The van der Waals surface area contributed by atoms with Crippen molar-refractivity contribution in [3.05, 3.63) is 86.5 Å². The number of rotatable bonds is 8. The lowest BCUT2D eigenvalue weighted by atomic mass is 9.89. The average molecular weight is 614 g/mol. The van der Waals surface area contributed by atoms with Gasteiger partial charge in [0.2, 0.25) is 0 Å².